The van der Waals surface area contributed by atoms with Crippen LogP contribution in [0.5, 0.6) is 11.5 Å². The monoisotopic (exact) mass is 421 g/mol. The van der Waals surface area contributed by atoms with Crippen molar-refractivity contribution < 1.29 is 4.74 Å². The molecule has 32 heavy (non-hydrogen) atoms. The molecule has 2 nitrogen and oxygen atoms in total. The number of hydrogen-bond donors (Lipinski definition) is 0. The smallest absolute Gasteiger partial charge is 0.159 e. The van der Waals surface area contributed by atoms with E-state index in [0.29, 0.717) is 0 Å². The molecule has 4 aromatic rings. The zero-order valence-corrected chi connectivity index (χ0v) is 20.1. The normalized spacial score (nSPS) is 13.0. The molecule has 0 unspecified atom stereocenters. The second-order valence-corrected chi connectivity index (χ2v) is 10.2. The number of aryl methyl sites for hydroxylation is 4. The highest BCUT2D eigenvalue weighted by molar-refractivity contribution is 6.01. The largest absolute Gasteiger partial charge is 0.452 e. The second kappa shape index (κ2) is 7.13. The van der Waals surface area contributed by atoms with Gasteiger partial charge < -0.3 is 9.64 Å². The maximum absolute atomic E-state index is 6.59. The van der Waals surface area contributed by atoms with Gasteiger partial charge in [-0.1, -0.05) is 63.2 Å². The van der Waals surface area contributed by atoms with Crippen LogP contribution in [0.2, 0.25) is 0 Å². The average molecular weight is 422 g/mol. The first-order valence-corrected chi connectivity index (χ1v) is 11.4. The van der Waals surface area contributed by atoms with Gasteiger partial charge in [0.15, 0.2) is 11.5 Å². The summed E-state index contributed by atoms with van der Waals surface area (Å²) in [7, 11) is 0. The zero-order chi connectivity index (χ0) is 22.8. The molecule has 0 atom stereocenters. The maximum Gasteiger partial charge on any atom is 0.159 e. The van der Waals surface area contributed by atoms with Crippen molar-refractivity contribution in [2.45, 2.75) is 53.9 Å². The predicted molar refractivity (Wildman–Crippen MR) is 136 cm³/mol. The van der Waals surface area contributed by atoms with E-state index in [9.17, 15) is 0 Å². The van der Waals surface area contributed by atoms with Gasteiger partial charge in [-0.3, -0.25) is 0 Å². The van der Waals surface area contributed by atoms with Gasteiger partial charge in [0.25, 0.3) is 0 Å². The van der Waals surface area contributed by atoms with Gasteiger partial charge in [-0.2, -0.15) is 0 Å². The summed E-state index contributed by atoms with van der Waals surface area (Å²) in [4.78, 5) is 2.40. The fraction of sp³-hybridized carbons (Fsp3) is 0.267. The van der Waals surface area contributed by atoms with Crippen molar-refractivity contribution in [3.8, 4) is 11.5 Å². The molecule has 0 saturated carbocycles. The average Bonchev–Trinajstić information content (AvgIpc) is 2.72. The van der Waals surface area contributed by atoms with Gasteiger partial charge in [-0.25, -0.2) is 0 Å². The summed E-state index contributed by atoms with van der Waals surface area (Å²) in [5, 5.41) is 2.39. The topological polar surface area (TPSA) is 12.5 Å². The van der Waals surface area contributed by atoms with Gasteiger partial charge in [0.1, 0.15) is 0 Å². The fourth-order valence-corrected chi connectivity index (χ4v) is 4.87. The molecule has 4 aromatic carbocycles. The SMILES string of the molecule is Cc1ccc2c(c1)Oc1c(ccc3c(C)cccc13)N2c1c(C)cc(C(C)(C)C)cc1C. The van der Waals surface area contributed by atoms with Gasteiger partial charge in [0.05, 0.1) is 17.1 Å². The molecule has 2 heteroatoms. The Balaban J connectivity index is 1.83. The molecule has 0 aromatic heterocycles. The number of fused-ring (bicyclic) bond motifs is 4. The highest BCUT2D eigenvalue weighted by atomic mass is 16.5. The first-order valence-electron chi connectivity index (χ1n) is 11.4. The van der Waals surface area contributed by atoms with Crippen molar-refractivity contribution in [3.63, 3.8) is 0 Å². The molecule has 1 aliphatic heterocycles. The lowest BCUT2D eigenvalue weighted by molar-refractivity contribution is 0.482. The third kappa shape index (κ3) is 3.17. The van der Waals surface area contributed by atoms with Gasteiger partial charge >= 0.3 is 0 Å². The molecule has 1 aliphatic rings. The molecule has 1 heterocycles. The molecular formula is C30H31NO. The lowest BCUT2D eigenvalue weighted by atomic mass is 9.84. The van der Waals surface area contributed by atoms with Crippen LogP contribution in [0.15, 0.2) is 60.7 Å². The van der Waals surface area contributed by atoms with E-state index in [4.69, 9.17) is 4.74 Å². The molecule has 5 rings (SSSR count). The fourth-order valence-electron chi connectivity index (χ4n) is 4.87. The Kier molecular flexibility index (Phi) is 4.60. The first-order chi connectivity index (χ1) is 15.1. The Bertz CT molecular complexity index is 1350. The van der Waals surface area contributed by atoms with Crippen LogP contribution in [0.1, 0.15) is 48.6 Å². The summed E-state index contributed by atoms with van der Waals surface area (Å²) < 4.78 is 6.59. The van der Waals surface area contributed by atoms with E-state index in [1.165, 1.54) is 38.9 Å². The lowest BCUT2D eigenvalue weighted by Crippen LogP contribution is -2.19. The van der Waals surface area contributed by atoms with E-state index in [2.05, 4.69) is 114 Å². The Hall–Kier alpha value is -3.26. The summed E-state index contributed by atoms with van der Waals surface area (Å²) in [6.45, 7) is 15.6. The van der Waals surface area contributed by atoms with E-state index >= 15 is 0 Å². The van der Waals surface area contributed by atoms with Crippen LogP contribution in [0.4, 0.5) is 17.1 Å². The van der Waals surface area contributed by atoms with E-state index in [-0.39, 0.29) is 5.41 Å². The van der Waals surface area contributed by atoms with E-state index in [1.807, 2.05) is 0 Å². The number of nitrogens with zero attached hydrogens (tertiary/aromatic N) is 1. The summed E-state index contributed by atoms with van der Waals surface area (Å²) in [6, 6.07) is 22.1. The minimum absolute atomic E-state index is 0.111. The highest BCUT2D eigenvalue weighted by Crippen LogP contribution is 2.54. The molecule has 0 fully saturated rings. The molecular weight excluding hydrogens is 390 g/mol. The first kappa shape index (κ1) is 20.6. The van der Waals surface area contributed by atoms with E-state index in [1.54, 1.807) is 0 Å². The minimum Gasteiger partial charge on any atom is -0.452 e. The van der Waals surface area contributed by atoms with E-state index < -0.39 is 0 Å². The van der Waals surface area contributed by atoms with Crippen LogP contribution in [-0.4, -0.2) is 0 Å². The van der Waals surface area contributed by atoms with Crippen LogP contribution in [0.3, 0.4) is 0 Å². The third-order valence-electron chi connectivity index (χ3n) is 6.60. The standard InChI is InChI=1S/C30H31NO/c1-18-11-13-25-27(15-18)32-29-24-10-8-9-19(2)23(24)12-14-26(29)31(25)28-20(3)16-22(17-21(28)4)30(5,6)7/h8-17H,1-7H3. The summed E-state index contributed by atoms with van der Waals surface area (Å²) in [6.07, 6.45) is 0. The number of ether oxygens (including phenoxy) is 1. The third-order valence-corrected chi connectivity index (χ3v) is 6.60. The van der Waals surface area contributed by atoms with Crippen LogP contribution in [0.25, 0.3) is 10.8 Å². The molecule has 0 N–H and O–H groups in total. The molecule has 0 aliphatic carbocycles. The second-order valence-electron chi connectivity index (χ2n) is 10.2. The molecule has 0 radical (unpaired) electrons. The van der Waals surface area contributed by atoms with E-state index in [0.717, 1.165) is 28.3 Å². The van der Waals surface area contributed by atoms with Crippen LogP contribution in [0, 0.1) is 27.7 Å². The van der Waals surface area contributed by atoms with Gasteiger partial charge in [-0.15, -0.1) is 0 Å². The quantitative estimate of drug-likeness (QED) is 0.268. The van der Waals surface area contributed by atoms with Gasteiger partial charge in [0.2, 0.25) is 0 Å². The highest BCUT2D eigenvalue weighted by Gasteiger charge is 2.30. The summed E-state index contributed by atoms with van der Waals surface area (Å²) in [5.74, 6) is 1.84. The number of benzene rings is 4. The summed E-state index contributed by atoms with van der Waals surface area (Å²) in [5.41, 5.74) is 9.90. The number of hydrogen-bond acceptors (Lipinski definition) is 2. The van der Waals surface area contributed by atoms with Crippen molar-refractivity contribution >= 4 is 27.8 Å². The van der Waals surface area contributed by atoms with Crippen LogP contribution >= 0.6 is 0 Å². The Morgan fingerprint density at radius 2 is 1.38 bits per heavy atom. The molecule has 0 amide bonds. The number of anilines is 3. The summed E-state index contributed by atoms with van der Waals surface area (Å²) >= 11 is 0. The van der Waals surface area contributed by atoms with Crippen molar-refractivity contribution in [3.05, 3.63) is 88.5 Å². The molecule has 162 valence electrons. The van der Waals surface area contributed by atoms with Crippen molar-refractivity contribution in [2.24, 2.45) is 0 Å². The van der Waals surface area contributed by atoms with Crippen LogP contribution < -0.4 is 9.64 Å². The molecule has 0 bridgehead atoms. The van der Waals surface area contributed by atoms with Gasteiger partial charge in [0, 0.05) is 5.39 Å². The zero-order valence-electron chi connectivity index (χ0n) is 20.1. The molecule has 0 spiro atoms. The number of rotatable bonds is 1. The van der Waals surface area contributed by atoms with Crippen molar-refractivity contribution in [1.82, 2.24) is 0 Å². The minimum atomic E-state index is 0.111. The van der Waals surface area contributed by atoms with Crippen molar-refractivity contribution in [2.75, 3.05) is 4.90 Å². The maximum atomic E-state index is 6.59. The van der Waals surface area contributed by atoms with Crippen molar-refractivity contribution in [1.29, 1.82) is 0 Å². The Morgan fingerprint density at radius 3 is 2.06 bits per heavy atom. The molecule has 0 saturated heterocycles. The van der Waals surface area contributed by atoms with Crippen LogP contribution in [-0.2, 0) is 5.41 Å². The van der Waals surface area contributed by atoms with Gasteiger partial charge in [-0.05, 0) is 84.5 Å². The Labute approximate surface area is 191 Å². The lowest BCUT2D eigenvalue weighted by Gasteiger charge is -2.36. The Morgan fingerprint density at radius 1 is 0.688 bits per heavy atom. The predicted octanol–water partition coefficient (Wildman–Crippen LogP) is 8.95.